The number of rotatable bonds is 7. The van der Waals surface area contributed by atoms with Gasteiger partial charge in [-0.3, -0.25) is 0 Å². The van der Waals surface area contributed by atoms with Gasteiger partial charge in [-0.25, -0.2) is 0 Å². The zero-order chi connectivity index (χ0) is 20.1. The third-order valence-corrected chi connectivity index (χ3v) is 5.83. The molecule has 3 aromatic carbocycles. The number of ether oxygens (including phenoxy) is 2. The predicted molar refractivity (Wildman–Crippen MR) is 120 cm³/mol. The normalized spacial score (nSPS) is 10.6. The van der Waals surface area contributed by atoms with E-state index in [2.05, 4.69) is 21.2 Å². The van der Waals surface area contributed by atoms with Crippen molar-refractivity contribution in [1.29, 1.82) is 0 Å². The molecular weight excluding hydrogens is 484 g/mol. The summed E-state index contributed by atoms with van der Waals surface area (Å²) in [5.41, 5.74) is 2.58. The first-order chi connectivity index (χ1) is 13.5. The molecule has 0 aliphatic carbocycles. The van der Waals surface area contributed by atoms with E-state index in [1.54, 1.807) is 25.3 Å². The molecule has 0 fully saturated rings. The Morgan fingerprint density at radius 1 is 0.893 bits per heavy atom. The molecule has 0 atom stereocenters. The van der Waals surface area contributed by atoms with Crippen molar-refractivity contribution in [1.82, 2.24) is 0 Å². The van der Waals surface area contributed by atoms with E-state index in [-0.39, 0.29) is 6.61 Å². The lowest BCUT2D eigenvalue weighted by Crippen LogP contribution is -2.06. The van der Waals surface area contributed by atoms with E-state index in [4.69, 9.17) is 44.3 Å². The molecule has 7 heteroatoms. The highest BCUT2D eigenvalue weighted by Crippen LogP contribution is 2.38. The number of hydrogen-bond acceptors (Lipinski definition) is 3. The highest BCUT2D eigenvalue weighted by Gasteiger charge is 2.16. The Balaban J connectivity index is 1.86. The predicted octanol–water partition coefficient (Wildman–Crippen LogP) is 7.61. The SMILES string of the molecule is COc1ccc(Br)c(CNc2ccc(Cl)cc2)c1OCc1c(Cl)cccc1Cl. The van der Waals surface area contributed by atoms with Crippen molar-refractivity contribution in [2.24, 2.45) is 0 Å². The average Bonchev–Trinajstić information content (AvgIpc) is 2.68. The smallest absolute Gasteiger partial charge is 0.167 e. The zero-order valence-corrected chi connectivity index (χ0v) is 18.8. The number of hydrogen-bond donors (Lipinski definition) is 1. The summed E-state index contributed by atoms with van der Waals surface area (Å²) < 4.78 is 12.5. The van der Waals surface area contributed by atoms with Crippen LogP contribution in [0.3, 0.4) is 0 Å². The van der Waals surface area contributed by atoms with Gasteiger partial charge in [0.2, 0.25) is 0 Å². The van der Waals surface area contributed by atoms with E-state index in [0.717, 1.165) is 21.3 Å². The van der Waals surface area contributed by atoms with E-state index in [1.165, 1.54) is 0 Å². The fourth-order valence-corrected chi connectivity index (χ4v) is 3.72. The van der Waals surface area contributed by atoms with Gasteiger partial charge in [0.25, 0.3) is 0 Å². The van der Waals surface area contributed by atoms with Crippen molar-refractivity contribution in [3.05, 3.63) is 85.3 Å². The van der Waals surface area contributed by atoms with Crippen LogP contribution < -0.4 is 14.8 Å². The first-order valence-corrected chi connectivity index (χ1v) is 10.3. The maximum Gasteiger partial charge on any atom is 0.167 e. The van der Waals surface area contributed by atoms with Gasteiger partial charge >= 0.3 is 0 Å². The van der Waals surface area contributed by atoms with Gasteiger partial charge in [0.05, 0.1) is 7.11 Å². The lowest BCUT2D eigenvalue weighted by molar-refractivity contribution is 0.281. The lowest BCUT2D eigenvalue weighted by Gasteiger charge is -2.18. The molecule has 0 aromatic heterocycles. The van der Waals surface area contributed by atoms with Gasteiger partial charge in [0.1, 0.15) is 6.61 Å². The second kappa shape index (κ2) is 9.75. The molecule has 1 N–H and O–H groups in total. The van der Waals surface area contributed by atoms with Crippen LogP contribution in [0.1, 0.15) is 11.1 Å². The van der Waals surface area contributed by atoms with Gasteiger partial charge in [-0.05, 0) is 48.5 Å². The number of nitrogens with one attached hydrogen (secondary N) is 1. The van der Waals surface area contributed by atoms with Crippen LogP contribution in [0, 0.1) is 0 Å². The molecule has 146 valence electrons. The van der Waals surface area contributed by atoms with E-state index >= 15 is 0 Å². The molecule has 3 nitrogen and oxygen atoms in total. The second-order valence-corrected chi connectivity index (χ2v) is 8.01. The van der Waals surface area contributed by atoms with Crippen LogP contribution in [0.25, 0.3) is 0 Å². The Kier molecular flexibility index (Phi) is 7.36. The van der Waals surface area contributed by atoms with Crippen LogP contribution in [0.15, 0.2) is 59.1 Å². The van der Waals surface area contributed by atoms with Gasteiger partial charge in [-0.1, -0.05) is 56.8 Å². The molecule has 0 bridgehead atoms. The molecule has 28 heavy (non-hydrogen) atoms. The number of benzene rings is 3. The van der Waals surface area contributed by atoms with E-state index in [9.17, 15) is 0 Å². The fraction of sp³-hybridized carbons (Fsp3) is 0.143. The van der Waals surface area contributed by atoms with E-state index in [0.29, 0.717) is 33.1 Å². The summed E-state index contributed by atoms with van der Waals surface area (Å²) in [6, 6.07) is 16.6. The molecule has 0 radical (unpaired) electrons. The maximum atomic E-state index is 6.27. The molecule has 0 spiro atoms. The second-order valence-electron chi connectivity index (χ2n) is 5.91. The summed E-state index contributed by atoms with van der Waals surface area (Å²) in [6.07, 6.45) is 0. The highest BCUT2D eigenvalue weighted by molar-refractivity contribution is 9.10. The first-order valence-electron chi connectivity index (χ1n) is 8.40. The molecule has 0 amide bonds. The zero-order valence-electron chi connectivity index (χ0n) is 14.9. The molecule has 3 rings (SSSR count). The molecule has 0 aliphatic rings. The van der Waals surface area contributed by atoms with Crippen LogP contribution in [0.4, 0.5) is 5.69 Å². The molecule has 0 saturated heterocycles. The monoisotopic (exact) mass is 499 g/mol. The Morgan fingerprint density at radius 3 is 2.21 bits per heavy atom. The lowest BCUT2D eigenvalue weighted by atomic mass is 10.1. The molecule has 0 heterocycles. The van der Waals surface area contributed by atoms with Gasteiger partial charge in [0.15, 0.2) is 11.5 Å². The van der Waals surface area contributed by atoms with Crippen molar-refractivity contribution in [3.63, 3.8) is 0 Å². The first kappa shape index (κ1) is 21.1. The van der Waals surface area contributed by atoms with Crippen LogP contribution in [0.2, 0.25) is 15.1 Å². The summed E-state index contributed by atoms with van der Waals surface area (Å²) in [7, 11) is 1.61. The largest absolute Gasteiger partial charge is 0.493 e. The van der Waals surface area contributed by atoms with Crippen molar-refractivity contribution >= 4 is 56.4 Å². The van der Waals surface area contributed by atoms with Gasteiger partial charge in [-0.2, -0.15) is 0 Å². The van der Waals surface area contributed by atoms with Gasteiger partial charge in [0, 0.05) is 42.9 Å². The minimum atomic E-state index is 0.221. The third-order valence-electron chi connectivity index (χ3n) is 4.12. The summed E-state index contributed by atoms with van der Waals surface area (Å²) >= 11 is 22.1. The molecular formula is C21H17BrCl3NO2. The quantitative estimate of drug-likeness (QED) is 0.361. The Morgan fingerprint density at radius 2 is 1.57 bits per heavy atom. The van der Waals surface area contributed by atoms with Crippen LogP contribution >= 0.6 is 50.7 Å². The average molecular weight is 502 g/mol. The van der Waals surface area contributed by atoms with Crippen LogP contribution in [-0.2, 0) is 13.2 Å². The molecule has 3 aromatic rings. The minimum absolute atomic E-state index is 0.221. The van der Waals surface area contributed by atoms with Crippen molar-refractivity contribution in [2.75, 3.05) is 12.4 Å². The van der Waals surface area contributed by atoms with Crippen molar-refractivity contribution in [2.45, 2.75) is 13.2 Å². The summed E-state index contributed by atoms with van der Waals surface area (Å²) in [5.74, 6) is 1.24. The standard InChI is InChI=1S/C21H17BrCl3NO2/c1-27-20-10-9-17(22)15(11-26-14-7-5-13(23)6-8-14)21(20)28-12-16-18(24)3-2-4-19(16)25/h2-10,26H,11-12H2,1H3. The van der Waals surface area contributed by atoms with E-state index < -0.39 is 0 Å². The summed E-state index contributed by atoms with van der Waals surface area (Å²) in [5, 5.41) is 5.17. The number of methoxy groups -OCH3 is 1. The Bertz CT molecular complexity index is 944. The summed E-state index contributed by atoms with van der Waals surface area (Å²) in [4.78, 5) is 0. The topological polar surface area (TPSA) is 30.5 Å². The molecule has 0 unspecified atom stereocenters. The molecule has 0 saturated carbocycles. The number of anilines is 1. The van der Waals surface area contributed by atoms with Gasteiger partial charge < -0.3 is 14.8 Å². The Labute approximate surface area is 187 Å². The van der Waals surface area contributed by atoms with Gasteiger partial charge in [-0.15, -0.1) is 0 Å². The van der Waals surface area contributed by atoms with Crippen LogP contribution in [-0.4, -0.2) is 7.11 Å². The summed E-state index contributed by atoms with van der Waals surface area (Å²) in [6.45, 7) is 0.740. The fourth-order valence-electron chi connectivity index (χ4n) is 2.64. The van der Waals surface area contributed by atoms with Crippen molar-refractivity contribution in [3.8, 4) is 11.5 Å². The Hall–Kier alpha value is -1.59. The molecule has 0 aliphatic heterocycles. The minimum Gasteiger partial charge on any atom is -0.493 e. The number of halogens is 4. The van der Waals surface area contributed by atoms with E-state index in [1.807, 2.05) is 36.4 Å². The highest BCUT2D eigenvalue weighted by atomic mass is 79.9. The van der Waals surface area contributed by atoms with Crippen LogP contribution in [0.5, 0.6) is 11.5 Å². The maximum absolute atomic E-state index is 6.27. The van der Waals surface area contributed by atoms with Crippen molar-refractivity contribution < 1.29 is 9.47 Å². The third kappa shape index (κ3) is 5.06.